The van der Waals surface area contributed by atoms with Crippen molar-refractivity contribution in [2.24, 2.45) is 5.92 Å². The SMILES string of the molecule is O=C(NCc1nc2ccccc2[nH]1)C1CCN(S(=O)(=O)c2ccc(F)cc2)CC1. The van der Waals surface area contributed by atoms with Gasteiger partial charge in [0.05, 0.1) is 22.5 Å². The minimum Gasteiger partial charge on any atom is -0.349 e. The van der Waals surface area contributed by atoms with Crippen LogP contribution in [-0.4, -0.2) is 41.7 Å². The van der Waals surface area contributed by atoms with Crippen LogP contribution in [0.4, 0.5) is 4.39 Å². The summed E-state index contributed by atoms with van der Waals surface area (Å²) in [6.45, 7) is 0.798. The van der Waals surface area contributed by atoms with Crippen molar-refractivity contribution in [2.45, 2.75) is 24.3 Å². The van der Waals surface area contributed by atoms with E-state index in [4.69, 9.17) is 0 Å². The average molecular weight is 416 g/mol. The van der Waals surface area contributed by atoms with Gasteiger partial charge in [0.2, 0.25) is 15.9 Å². The number of amides is 1. The van der Waals surface area contributed by atoms with Gasteiger partial charge in [-0.2, -0.15) is 4.31 Å². The summed E-state index contributed by atoms with van der Waals surface area (Å²) in [6.07, 6.45) is 0.874. The minimum atomic E-state index is -3.68. The first-order chi connectivity index (χ1) is 13.9. The molecule has 0 radical (unpaired) electrons. The molecule has 0 unspecified atom stereocenters. The van der Waals surface area contributed by atoms with Gasteiger partial charge in [-0.3, -0.25) is 4.79 Å². The van der Waals surface area contributed by atoms with Gasteiger partial charge in [0, 0.05) is 19.0 Å². The Bertz CT molecular complexity index is 1090. The topological polar surface area (TPSA) is 95.2 Å². The van der Waals surface area contributed by atoms with Gasteiger partial charge in [-0.05, 0) is 49.2 Å². The van der Waals surface area contributed by atoms with Crippen molar-refractivity contribution >= 4 is 27.0 Å². The second-order valence-electron chi connectivity index (χ2n) is 7.05. The molecule has 1 saturated heterocycles. The number of nitrogens with zero attached hydrogens (tertiary/aromatic N) is 2. The van der Waals surface area contributed by atoms with Gasteiger partial charge >= 0.3 is 0 Å². The number of sulfonamides is 1. The predicted molar refractivity (Wildman–Crippen MR) is 106 cm³/mol. The molecule has 0 spiro atoms. The monoisotopic (exact) mass is 416 g/mol. The number of halogens is 1. The number of nitrogens with one attached hydrogen (secondary N) is 2. The van der Waals surface area contributed by atoms with E-state index in [2.05, 4.69) is 15.3 Å². The molecule has 0 saturated carbocycles. The van der Waals surface area contributed by atoms with Crippen molar-refractivity contribution in [3.63, 3.8) is 0 Å². The molecule has 1 aliphatic rings. The molecule has 2 heterocycles. The van der Waals surface area contributed by atoms with Crippen LogP contribution in [0.3, 0.4) is 0 Å². The van der Waals surface area contributed by atoms with Gasteiger partial charge in [-0.1, -0.05) is 12.1 Å². The molecule has 1 aliphatic heterocycles. The van der Waals surface area contributed by atoms with Gasteiger partial charge in [0.1, 0.15) is 11.6 Å². The molecule has 0 atom stereocenters. The Kier molecular flexibility index (Phi) is 5.33. The van der Waals surface area contributed by atoms with E-state index in [1.165, 1.54) is 16.4 Å². The molecule has 1 aromatic heterocycles. The number of carbonyl (C=O) groups is 1. The molecule has 3 aromatic rings. The van der Waals surface area contributed by atoms with Gasteiger partial charge in [-0.25, -0.2) is 17.8 Å². The molecule has 2 N–H and O–H groups in total. The zero-order valence-electron chi connectivity index (χ0n) is 15.6. The molecular weight excluding hydrogens is 395 g/mol. The number of H-pyrrole nitrogens is 1. The summed E-state index contributed by atoms with van der Waals surface area (Å²) < 4.78 is 39.7. The van der Waals surface area contributed by atoms with Crippen molar-refractivity contribution < 1.29 is 17.6 Å². The van der Waals surface area contributed by atoms with Crippen LogP contribution in [0.2, 0.25) is 0 Å². The molecule has 0 aliphatic carbocycles. The van der Waals surface area contributed by atoms with Gasteiger partial charge < -0.3 is 10.3 Å². The number of benzene rings is 2. The summed E-state index contributed by atoms with van der Waals surface area (Å²) in [7, 11) is -3.68. The largest absolute Gasteiger partial charge is 0.349 e. The lowest BCUT2D eigenvalue weighted by molar-refractivity contribution is -0.126. The summed E-state index contributed by atoms with van der Waals surface area (Å²) in [5.41, 5.74) is 1.76. The number of hydrogen-bond acceptors (Lipinski definition) is 4. The fourth-order valence-corrected chi connectivity index (χ4v) is 4.99. The number of fused-ring (bicyclic) bond motifs is 1. The minimum absolute atomic E-state index is 0.0617. The number of piperidine rings is 1. The van der Waals surface area contributed by atoms with Crippen LogP contribution >= 0.6 is 0 Å². The van der Waals surface area contributed by atoms with Crippen LogP contribution in [0, 0.1) is 11.7 Å². The number of aromatic nitrogens is 2. The Balaban J connectivity index is 1.32. The van der Waals surface area contributed by atoms with Crippen LogP contribution in [-0.2, 0) is 21.4 Å². The zero-order chi connectivity index (χ0) is 20.4. The molecule has 152 valence electrons. The lowest BCUT2D eigenvalue weighted by atomic mass is 9.97. The Morgan fingerprint density at radius 1 is 1.14 bits per heavy atom. The Labute approximate surface area is 168 Å². The lowest BCUT2D eigenvalue weighted by Crippen LogP contribution is -2.42. The second-order valence-corrected chi connectivity index (χ2v) is 8.99. The first kappa shape index (κ1) is 19.5. The van der Waals surface area contributed by atoms with E-state index in [-0.39, 0.29) is 29.8 Å². The summed E-state index contributed by atoms with van der Waals surface area (Å²) >= 11 is 0. The van der Waals surface area contributed by atoms with Crippen LogP contribution in [0.5, 0.6) is 0 Å². The number of rotatable bonds is 5. The number of aromatic amines is 1. The van der Waals surface area contributed by atoms with Crippen LogP contribution < -0.4 is 5.32 Å². The molecule has 1 fully saturated rings. The molecule has 1 amide bonds. The Hall–Kier alpha value is -2.78. The number of hydrogen-bond donors (Lipinski definition) is 2. The summed E-state index contributed by atoms with van der Waals surface area (Å²) in [5.74, 6) is -0.164. The summed E-state index contributed by atoms with van der Waals surface area (Å²) in [4.78, 5) is 20.1. The molecule has 9 heteroatoms. The van der Waals surface area contributed by atoms with E-state index < -0.39 is 15.8 Å². The highest BCUT2D eigenvalue weighted by atomic mass is 32.2. The third kappa shape index (κ3) is 4.15. The standard InChI is InChI=1S/C20H21FN4O3S/c21-15-5-7-16(8-6-15)29(27,28)25-11-9-14(10-12-25)20(26)22-13-19-23-17-3-1-2-4-18(17)24-19/h1-8,14H,9-13H2,(H,22,26)(H,23,24). The first-order valence-corrected chi connectivity index (χ1v) is 10.8. The van der Waals surface area contributed by atoms with Crippen molar-refractivity contribution in [1.82, 2.24) is 19.6 Å². The maximum atomic E-state index is 13.1. The van der Waals surface area contributed by atoms with E-state index >= 15 is 0 Å². The molecule has 0 bridgehead atoms. The van der Waals surface area contributed by atoms with Gasteiger partial charge in [-0.15, -0.1) is 0 Å². The van der Waals surface area contributed by atoms with E-state index in [1.807, 2.05) is 24.3 Å². The molecule has 7 nitrogen and oxygen atoms in total. The van der Waals surface area contributed by atoms with Gasteiger partial charge in [0.25, 0.3) is 0 Å². The van der Waals surface area contributed by atoms with E-state index in [9.17, 15) is 17.6 Å². The number of para-hydroxylation sites is 2. The fourth-order valence-electron chi connectivity index (χ4n) is 3.52. The van der Waals surface area contributed by atoms with Crippen molar-refractivity contribution in [2.75, 3.05) is 13.1 Å². The normalized spacial score (nSPS) is 16.2. The van der Waals surface area contributed by atoms with Crippen molar-refractivity contribution in [3.8, 4) is 0 Å². The van der Waals surface area contributed by atoms with Crippen LogP contribution in [0.1, 0.15) is 18.7 Å². The molecule has 29 heavy (non-hydrogen) atoms. The van der Waals surface area contributed by atoms with Crippen molar-refractivity contribution in [3.05, 3.63) is 60.2 Å². The van der Waals surface area contributed by atoms with Crippen LogP contribution in [0.15, 0.2) is 53.4 Å². The van der Waals surface area contributed by atoms with Crippen LogP contribution in [0.25, 0.3) is 11.0 Å². The highest BCUT2D eigenvalue weighted by Gasteiger charge is 2.32. The Morgan fingerprint density at radius 2 is 1.83 bits per heavy atom. The number of imidazole rings is 1. The molecule has 4 rings (SSSR count). The van der Waals surface area contributed by atoms with Crippen molar-refractivity contribution in [1.29, 1.82) is 0 Å². The van der Waals surface area contributed by atoms with E-state index in [0.717, 1.165) is 23.2 Å². The fraction of sp³-hybridized carbons (Fsp3) is 0.300. The Morgan fingerprint density at radius 3 is 2.52 bits per heavy atom. The number of carbonyl (C=O) groups excluding carboxylic acids is 1. The summed E-state index contributed by atoms with van der Waals surface area (Å²) in [6, 6.07) is 12.4. The van der Waals surface area contributed by atoms with E-state index in [0.29, 0.717) is 25.2 Å². The second kappa shape index (κ2) is 7.92. The third-order valence-corrected chi connectivity index (χ3v) is 7.06. The average Bonchev–Trinajstić information content (AvgIpc) is 3.15. The molecule has 2 aromatic carbocycles. The molecular formula is C20H21FN4O3S. The first-order valence-electron chi connectivity index (χ1n) is 9.40. The highest BCUT2D eigenvalue weighted by Crippen LogP contribution is 2.24. The smallest absolute Gasteiger partial charge is 0.243 e. The third-order valence-electron chi connectivity index (χ3n) is 5.14. The zero-order valence-corrected chi connectivity index (χ0v) is 16.5. The maximum absolute atomic E-state index is 13.1. The van der Waals surface area contributed by atoms with E-state index in [1.54, 1.807) is 0 Å². The quantitative estimate of drug-likeness (QED) is 0.668. The lowest BCUT2D eigenvalue weighted by Gasteiger charge is -2.30. The summed E-state index contributed by atoms with van der Waals surface area (Å²) in [5, 5.41) is 2.88. The van der Waals surface area contributed by atoms with Gasteiger partial charge in [0.15, 0.2) is 0 Å². The predicted octanol–water partition coefficient (Wildman–Crippen LogP) is 2.42. The highest BCUT2D eigenvalue weighted by molar-refractivity contribution is 7.89. The maximum Gasteiger partial charge on any atom is 0.243 e.